The molecule has 1 aromatic carbocycles. The summed E-state index contributed by atoms with van der Waals surface area (Å²) in [5, 5.41) is 2.87. The molecule has 0 atom stereocenters. The van der Waals surface area contributed by atoms with Crippen molar-refractivity contribution in [2.24, 2.45) is 0 Å². The Morgan fingerprint density at radius 2 is 1.68 bits per heavy atom. The van der Waals surface area contributed by atoms with Crippen molar-refractivity contribution in [3.63, 3.8) is 0 Å². The van der Waals surface area contributed by atoms with E-state index in [9.17, 15) is 18.0 Å². The monoisotopic (exact) mass is 450 g/mol. The summed E-state index contributed by atoms with van der Waals surface area (Å²) < 4.78 is 27.6. The van der Waals surface area contributed by atoms with Crippen molar-refractivity contribution in [3.05, 3.63) is 29.3 Å². The Hall–Kier alpha value is -1.97. The van der Waals surface area contributed by atoms with Gasteiger partial charge in [-0.3, -0.25) is 14.5 Å². The highest BCUT2D eigenvalue weighted by Gasteiger charge is 2.29. The normalized spacial score (nSPS) is 18.7. The van der Waals surface area contributed by atoms with Gasteiger partial charge in [0, 0.05) is 51.4 Å². The van der Waals surface area contributed by atoms with Crippen molar-refractivity contribution in [2.75, 3.05) is 52.4 Å². The Morgan fingerprint density at radius 3 is 2.32 bits per heavy atom. The minimum absolute atomic E-state index is 0.00749. The predicted molar refractivity (Wildman–Crippen MR) is 119 cm³/mol. The number of rotatable bonds is 7. The summed E-state index contributed by atoms with van der Waals surface area (Å²) in [6.07, 6.45) is 3.70. The smallest absolute Gasteiger partial charge is 0.254 e. The lowest BCUT2D eigenvalue weighted by molar-refractivity contribution is -0.122. The lowest BCUT2D eigenvalue weighted by Gasteiger charge is -2.34. The number of hydrogen-bond donors (Lipinski definition) is 1. The van der Waals surface area contributed by atoms with E-state index in [1.54, 1.807) is 17.0 Å². The molecule has 0 radical (unpaired) electrons. The minimum atomic E-state index is -3.59. The molecule has 2 fully saturated rings. The van der Waals surface area contributed by atoms with Gasteiger partial charge in [0.25, 0.3) is 5.91 Å². The maximum atomic E-state index is 13.2. The number of carbonyl (C=O) groups excluding carboxylic acids is 2. The first-order valence-electron chi connectivity index (χ1n) is 11.2. The Bertz CT molecular complexity index is 889. The van der Waals surface area contributed by atoms with Crippen LogP contribution in [0, 0.1) is 6.92 Å². The number of sulfonamides is 1. The molecule has 0 aliphatic carbocycles. The Balaban J connectivity index is 1.66. The molecular weight excluding hydrogens is 416 g/mol. The lowest BCUT2D eigenvalue weighted by atomic mass is 10.1. The number of benzene rings is 1. The highest BCUT2D eigenvalue weighted by Crippen LogP contribution is 2.24. The molecule has 2 heterocycles. The van der Waals surface area contributed by atoms with Gasteiger partial charge < -0.3 is 10.2 Å². The SMILES string of the molecule is CCCNC(=O)CN1CCN(C(=O)c2cc(S(=O)(=O)N3CCCCC3)ccc2C)CC1. The minimum Gasteiger partial charge on any atom is -0.355 e. The highest BCUT2D eigenvalue weighted by molar-refractivity contribution is 7.89. The van der Waals surface area contributed by atoms with Crippen LogP contribution in [0.15, 0.2) is 23.1 Å². The summed E-state index contributed by atoms with van der Waals surface area (Å²) in [7, 11) is -3.59. The van der Waals surface area contributed by atoms with E-state index in [4.69, 9.17) is 0 Å². The second-order valence-corrected chi connectivity index (χ2v) is 10.3. The van der Waals surface area contributed by atoms with Crippen molar-refractivity contribution in [2.45, 2.75) is 44.4 Å². The summed E-state index contributed by atoms with van der Waals surface area (Å²) in [6, 6.07) is 4.85. The van der Waals surface area contributed by atoms with Gasteiger partial charge in [0.2, 0.25) is 15.9 Å². The van der Waals surface area contributed by atoms with E-state index in [0.717, 1.165) is 31.2 Å². The van der Waals surface area contributed by atoms with Crippen LogP contribution in [0.5, 0.6) is 0 Å². The maximum absolute atomic E-state index is 13.2. The number of aryl methyl sites for hydroxylation is 1. The molecule has 1 N–H and O–H groups in total. The summed E-state index contributed by atoms with van der Waals surface area (Å²) in [6.45, 7) is 8.20. The van der Waals surface area contributed by atoms with Crippen molar-refractivity contribution in [1.29, 1.82) is 0 Å². The Labute approximate surface area is 185 Å². The number of hydrogen-bond acceptors (Lipinski definition) is 5. The molecule has 0 unspecified atom stereocenters. The quantitative estimate of drug-likeness (QED) is 0.679. The van der Waals surface area contributed by atoms with Gasteiger partial charge in [-0.15, -0.1) is 0 Å². The van der Waals surface area contributed by atoms with Gasteiger partial charge >= 0.3 is 0 Å². The van der Waals surface area contributed by atoms with Crippen LogP contribution < -0.4 is 5.32 Å². The van der Waals surface area contributed by atoms with E-state index in [1.165, 1.54) is 10.4 Å². The fourth-order valence-corrected chi connectivity index (χ4v) is 5.59. The summed E-state index contributed by atoms with van der Waals surface area (Å²) in [5.74, 6) is -0.142. The van der Waals surface area contributed by atoms with Gasteiger partial charge in [0.05, 0.1) is 11.4 Å². The molecule has 2 aliphatic heterocycles. The van der Waals surface area contributed by atoms with Crippen LogP contribution in [-0.2, 0) is 14.8 Å². The van der Waals surface area contributed by atoms with E-state index in [2.05, 4.69) is 5.32 Å². The molecule has 2 amide bonds. The zero-order valence-corrected chi connectivity index (χ0v) is 19.4. The van der Waals surface area contributed by atoms with Crippen molar-refractivity contribution >= 4 is 21.8 Å². The number of nitrogens with zero attached hydrogens (tertiary/aromatic N) is 3. The number of nitrogens with one attached hydrogen (secondary N) is 1. The first kappa shape index (κ1) is 23.7. The van der Waals surface area contributed by atoms with Gasteiger partial charge in [0.15, 0.2) is 0 Å². The zero-order chi connectivity index (χ0) is 22.4. The van der Waals surface area contributed by atoms with Gasteiger partial charge in [0.1, 0.15) is 0 Å². The molecule has 31 heavy (non-hydrogen) atoms. The zero-order valence-electron chi connectivity index (χ0n) is 18.6. The molecule has 9 heteroatoms. The fourth-order valence-electron chi connectivity index (χ4n) is 4.05. The summed E-state index contributed by atoms with van der Waals surface area (Å²) in [5.41, 5.74) is 1.20. The van der Waals surface area contributed by atoms with E-state index >= 15 is 0 Å². The van der Waals surface area contributed by atoms with Crippen LogP contribution in [0.25, 0.3) is 0 Å². The number of piperazine rings is 1. The molecule has 2 aliphatic rings. The van der Waals surface area contributed by atoms with Gasteiger partial charge in [-0.25, -0.2) is 8.42 Å². The third-order valence-electron chi connectivity index (χ3n) is 5.99. The summed E-state index contributed by atoms with van der Waals surface area (Å²) in [4.78, 5) is 29.1. The highest BCUT2D eigenvalue weighted by atomic mass is 32.2. The van der Waals surface area contributed by atoms with Crippen LogP contribution in [0.1, 0.15) is 48.5 Å². The molecule has 0 saturated carbocycles. The second kappa shape index (κ2) is 10.6. The first-order valence-corrected chi connectivity index (χ1v) is 12.7. The van der Waals surface area contributed by atoms with Crippen LogP contribution >= 0.6 is 0 Å². The Kier molecular flexibility index (Phi) is 8.07. The molecule has 0 spiro atoms. The number of carbonyl (C=O) groups is 2. The lowest BCUT2D eigenvalue weighted by Crippen LogP contribution is -2.51. The maximum Gasteiger partial charge on any atom is 0.254 e. The molecule has 0 bridgehead atoms. The van der Waals surface area contributed by atoms with Gasteiger partial charge in [-0.1, -0.05) is 19.4 Å². The average molecular weight is 451 g/mol. The number of amides is 2. The van der Waals surface area contributed by atoms with Crippen LogP contribution in [0.3, 0.4) is 0 Å². The molecular formula is C22H34N4O4S. The van der Waals surface area contributed by atoms with E-state index in [1.807, 2.05) is 18.7 Å². The third kappa shape index (κ3) is 5.84. The standard InChI is InChI=1S/C22H34N4O4S/c1-3-9-23-21(27)17-24-12-14-25(15-13-24)22(28)20-16-19(8-7-18(20)2)31(29,30)26-10-5-4-6-11-26/h7-8,16H,3-6,9-15,17H2,1-2H3,(H,23,27). The van der Waals surface area contributed by atoms with Gasteiger partial charge in [-0.05, 0) is 43.9 Å². The van der Waals surface area contributed by atoms with Crippen LogP contribution in [-0.4, -0.2) is 86.7 Å². The third-order valence-corrected chi connectivity index (χ3v) is 7.89. The molecule has 8 nitrogen and oxygen atoms in total. The average Bonchev–Trinajstić information content (AvgIpc) is 2.78. The van der Waals surface area contributed by atoms with E-state index in [0.29, 0.717) is 57.9 Å². The Morgan fingerprint density at radius 1 is 1.00 bits per heavy atom. The summed E-state index contributed by atoms with van der Waals surface area (Å²) >= 11 is 0. The van der Waals surface area contributed by atoms with E-state index in [-0.39, 0.29) is 16.7 Å². The topological polar surface area (TPSA) is 90.0 Å². The van der Waals surface area contributed by atoms with E-state index < -0.39 is 10.0 Å². The molecule has 3 rings (SSSR count). The largest absolute Gasteiger partial charge is 0.355 e. The van der Waals surface area contributed by atoms with Crippen molar-refractivity contribution in [1.82, 2.24) is 19.4 Å². The van der Waals surface area contributed by atoms with Gasteiger partial charge in [-0.2, -0.15) is 4.31 Å². The number of piperidine rings is 1. The predicted octanol–water partition coefficient (Wildman–Crippen LogP) is 1.45. The second-order valence-electron chi connectivity index (χ2n) is 8.36. The van der Waals surface area contributed by atoms with Crippen molar-refractivity contribution in [3.8, 4) is 0 Å². The molecule has 2 saturated heterocycles. The molecule has 172 valence electrons. The van der Waals surface area contributed by atoms with Crippen LogP contribution in [0.4, 0.5) is 0 Å². The fraction of sp³-hybridized carbons (Fsp3) is 0.636. The molecule has 0 aromatic heterocycles. The van der Waals surface area contributed by atoms with Crippen molar-refractivity contribution < 1.29 is 18.0 Å². The first-order chi connectivity index (χ1) is 14.8. The molecule has 1 aromatic rings. The van der Waals surface area contributed by atoms with Crippen LogP contribution in [0.2, 0.25) is 0 Å².